The molecule has 5 heteroatoms. The van der Waals surface area contributed by atoms with E-state index in [0.29, 0.717) is 18.5 Å². The van der Waals surface area contributed by atoms with Crippen LogP contribution in [0.3, 0.4) is 0 Å². The molecule has 0 aliphatic carbocycles. The molecule has 1 atom stereocenters. The van der Waals surface area contributed by atoms with Crippen molar-refractivity contribution in [3.8, 4) is 0 Å². The van der Waals surface area contributed by atoms with Gasteiger partial charge in [0, 0.05) is 25.0 Å². The number of hydrogen-bond acceptors (Lipinski definition) is 2. The van der Waals surface area contributed by atoms with Crippen LogP contribution in [0.25, 0.3) is 0 Å². The first-order valence-corrected chi connectivity index (χ1v) is 7.27. The third kappa shape index (κ3) is 4.95. The molecule has 0 radical (unpaired) electrons. The molecule has 0 aliphatic rings. The van der Waals surface area contributed by atoms with E-state index in [4.69, 9.17) is 5.73 Å². The van der Waals surface area contributed by atoms with Gasteiger partial charge in [0.05, 0.1) is 12.9 Å². The Kier molecular flexibility index (Phi) is 5.37. The van der Waals surface area contributed by atoms with Gasteiger partial charge < -0.3 is 15.6 Å². The van der Waals surface area contributed by atoms with Crippen molar-refractivity contribution in [2.75, 3.05) is 0 Å². The van der Waals surface area contributed by atoms with Crippen LogP contribution in [-0.2, 0) is 13.1 Å². The Bertz CT molecular complexity index is 557. The van der Waals surface area contributed by atoms with Gasteiger partial charge in [0.1, 0.15) is 0 Å². The maximum Gasteiger partial charge on any atom is 0.189 e. The van der Waals surface area contributed by atoms with Gasteiger partial charge in [-0.2, -0.15) is 0 Å². The van der Waals surface area contributed by atoms with Crippen molar-refractivity contribution >= 4 is 5.96 Å². The van der Waals surface area contributed by atoms with Gasteiger partial charge in [-0.3, -0.25) is 0 Å². The largest absolute Gasteiger partial charge is 0.370 e. The summed E-state index contributed by atoms with van der Waals surface area (Å²) in [5.74, 6) is 0.506. The van der Waals surface area contributed by atoms with Crippen molar-refractivity contribution in [3.05, 3.63) is 54.1 Å². The highest BCUT2D eigenvalue weighted by molar-refractivity contribution is 5.78. The number of nitrogens with one attached hydrogen (secondary N) is 1. The van der Waals surface area contributed by atoms with E-state index < -0.39 is 0 Å². The second-order valence-corrected chi connectivity index (χ2v) is 5.21. The lowest BCUT2D eigenvalue weighted by atomic mass is 10.1. The third-order valence-corrected chi connectivity index (χ3v) is 3.39. The molecule has 1 aromatic carbocycles. The van der Waals surface area contributed by atoms with Gasteiger partial charge >= 0.3 is 0 Å². The van der Waals surface area contributed by atoms with Crippen LogP contribution in [0.4, 0.5) is 0 Å². The van der Waals surface area contributed by atoms with Gasteiger partial charge in [0.2, 0.25) is 0 Å². The normalized spacial score (nSPS) is 13.1. The molecule has 112 valence electrons. The maximum atomic E-state index is 5.85. The van der Waals surface area contributed by atoms with E-state index >= 15 is 0 Å². The molecule has 2 aromatic rings. The Morgan fingerprint density at radius 1 is 1.33 bits per heavy atom. The molecule has 1 aromatic heterocycles. The van der Waals surface area contributed by atoms with Gasteiger partial charge in [-0.1, -0.05) is 31.2 Å². The zero-order chi connectivity index (χ0) is 15.1. The predicted molar refractivity (Wildman–Crippen MR) is 86.0 cm³/mol. The summed E-state index contributed by atoms with van der Waals surface area (Å²) in [4.78, 5) is 8.40. The van der Waals surface area contributed by atoms with Gasteiger partial charge in [-0.15, -0.1) is 0 Å². The van der Waals surface area contributed by atoms with Crippen LogP contribution in [-0.4, -0.2) is 21.6 Å². The van der Waals surface area contributed by atoms with Gasteiger partial charge in [-0.25, -0.2) is 9.98 Å². The summed E-state index contributed by atoms with van der Waals surface area (Å²) in [6, 6.07) is 8.76. The molecule has 0 fully saturated rings. The maximum absolute atomic E-state index is 5.85. The summed E-state index contributed by atoms with van der Waals surface area (Å²) in [6.07, 6.45) is 6.59. The van der Waals surface area contributed by atoms with Crippen LogP contribution in [0.1, 0.15) is 31.4 Å². The average Bonchev–Trinajstić information content (AvgIpc) is 2.99. The minimum Gasteiger partial charge on any atom is -0.370 e. The summed E-state index contributed by atoms with van der Waals surface area (Å²) < 4.78 is 2.04. The fraction of sp³-hybridized carbons (Fsp3) is 0.375. The number of rotatable bonds is 6. The standard InChI is InChI=1S/C16H23N5/c1-3-13(2)20-16(17)19-10-14-4-6-15(7-5-14)11-21-9-8-18-12-21/h4-9,12-13H,3,10-11H2,1-2H3,(H3,17,19,20)/t13-/m0/s1. The second kappa shape index (κ2) is 7.47. The Morgan fingerprint density at radius 3 is 2.67 bits per heavy atom. The quantitative estimate of drug-likeness (QED) is 0.631. The molecule has 5 nitrogen and oxygen atoms in total. The highest BCUT2D eigenvalue weighted by Gasteiger charge is 1.99. The Morgan fingerprint density at radius 2 is 2.05 bits per heavy atom. The molecule has 0 aliphatic heterocycles. The lowest BCUT2D eigenvalue weighted by Gasteiger charge is -2.11. The van der Waals surface area contributed by atoms with Crippen LogP contribution >= 0.6 is 0 Å². The first-order chi connectivity index (χ1) is 10.2. The number of aliphatic imine (C=N–C) groups is 1. The molecule has 0 saturated carbocycles. The number of benzene rings is 1. The average molecular weight is 285 g/mol. The van der Waals surface area contributed by atoms with Crippen molar-refractivity contribution < 1.29 is 0 Å². The summed E-state index contributed by atoms with van der Waals surface area (Å²) in [5.41, 5.74) is 8.24. The highest BCUT2D eigenvalue weighted by Crippen LogP contribution is 2.07. The molecule has 0 bridgehead atoms. The predicted octanol–water partition coefficient (Wildman–Crippen LogP) is 2.13. The topological polar surface area (TPSA) is 68.2 Å². The van der Waals surface area contributed by atoms with Crippen LogP contribution in [0, 0.1) is 0 Å². The molecule has 2 rings (SSSR count). The van der Waals surface area contributed by atoms with Crippen molar-refractivity contribution in [2.24, 2.45) is 10.7 Å². The van der Waals surface area contributed by atoms with Crippen LogP contribution in [0.2, 0.25) is 0 Å². The van der Waals surface area contributed by atoms with E-state index in [1.807, 2.05) is 17.1 Å². The zero-order valence-corrected chi connectivity index (χ0v) is 12.7. The lowest BCUT2D eigenvalue weighted by Crippen LogP contribution is -2.38. The Labute approximate surface area is 125 Å². The lowest BCUT2D eigenvalue weighted by molar-refractivity contribution is 0.636. The molecule has 1 heterocycles. The fourth-order valence-electron chi connectivity index (χ4n) is 1.92. The molecule has 3 N–H and O–H groups in total. The minimum absolute atomic E-state index is 0.353. The SMILES string of the molecule is CC[C@H](C)NC(N)=NCc1ccc(Cn2ccnc2)cc1. The van der Waals surface area contributed by atoms with Crippen molar-refractivity contribution in [2.45, 2.75) is 39.4 Å². The number of guanidine groups is 1. The van der Waals surface area contributed by atoms with Crippen LogP contribution in [0.15, 0.2) is 48.0 Å². The number of imidazole rings is 1. The third-order valence-electron chi connectivity index (χ3n) is 3.39. The van der Waals surface area contributed by atoms with Crippen LogP contribution in [0.5, 0.6) is 0 Å². The van der Waals surface area contributed by atoms with E-state index in [1.54, 1.807) is 6.20 Å². The smallest absolute Gasteiger partial charge is 0.189 e. The van der Waals surface area contributed by atoms with Gasteiger partial charge in [0.25, 0.3) is 0 Å². The van der Waals surface area contributed by atoms with E-state index in [-0.39, 0.29) is 0 Å². The number of nitrogens with zero attached hydrogens (tertiary/aromatic N) is 3. The number of hydrogen-bond donors (Lipinski definition) is 2. The molecule has 0 amide bonds. The Balaban J connectivity index is 1.89. The van der Waals surface area contributed by atoms with E-state index in [1.165, 1.54) is 5.56 Å². The van der Waals surface area contributed by atoms with Gasteiger partial charge in [-0.05, 0) is 24.5 Å². The van der Waals surface area contributed by atoms with E-state index in [9.17, 15) is 0 Å². The van der Waals surface area contributed by atoms with Crippen molar-refractivity contribution in [1.82, 2.24) is 14.9 Å². The Hall–Kier alpha value is -2.30. The second-order valence-electron chi connectivity index (χ2n) is 5.21. The summed E-state index contributed by atoms with van der Waals surface area (Å²) in [6.45, 7) is 5.64. The highest BCUT2D eigenvalue weighted by atomic mass is 15.1. The van der Waals surface area contributed by atoms with Crippen molar-refractivity contribution in [1.29, 1.82) is 0 Å². The molecule has 0 unspecified atom stereocenters. The molecule has 21 heavy (non-hydrogen) atoms. The van der Waals surface area contributed by atoms with E-state index in [2.05, 4.69) is 53.4 Å². The molecular formula is C16H23N5. The first kappa shape index (κ1) is 15.1. The molecule has 0 spiro atoms. The summed E-state index contributed by atoms with van der Waals surface area (Å²) in [5, 5.41) is 3.16. The van der Waals surface area contributed by atoms with Crippen molar-refractivity contribution in [3.63, 3.8) is 0 Å². The molecular weight excluding hydrogens is 262 g/mol. The summed E-state index contributed by atoms with van der Waals surface area (Å²) >= 11 is 0. The minimum atomic E-state index is 0.353. The van der Waals surface area contributed by atoms with E-state index in [0.717, 1.165) is 18.5 Å². The zero-order valence-electron chi connectivity index (χ0n) is 12.7. The first-order valence-electron chi connectivity index (χ1n) is 7.27. The monoisotopic (exact) mass is 285 g/mol. The number of aromatic nitrogens is 2. The summed E-state index contributed by atoms with van der Waals surface area (Å²) in [7, 11) is 0. The van der Waals surface area contributed by atoms with Crippen LogP contribution < -0.4 is 11.1 Å². The fourth-order valence-corrected chi connectivity index (χ4v) is 1.92. The number of nitrogens with two attached hydrogens (primary N) is 1. The van der Waals surface area contributed by atoms with Gasteiger partial charge in [0.15, 0.2) is 5.96 Å². The molecule has 0 saturated heterocycles.